The lowest BCUT2D eigenvalue weighted by Crippen LogP contribution is -2.28. The zero-order valence-electron chi connectivity index (χ0n) is 10.5. The van der Waals surface area contributed by atoms with E-state index in [0.29, 0.717) is 12.2 Å². The van der Waals surface area contributed by atoms with E-state index < -0.39 is 17.6 Å². The minimum atomic E-state index is -0.796. The van der Waals surface area contributed by atoms with Gasteiger partial charge in [-0.15, -0.1) is 0 Å². The van der Waals surface area contributed by atoms with Crippen molar-refractivity contribution < 1.29 is 13.6 Å². The zero-order valence-corrected chi connectivity index (χ0v) is 10.5. The van der Waals surface area contributed by atoms with Crippen LogP contribution in [-0.4, -0.2) is 20.7 Å². The first kappa shape index (κ1) is 12.7. The molecular weight excluding hydrogens is 266 g/mol. The third-order valence-electron chi connectivity index (χ3n) is 3.33. The van der Waals surface area contributed by atoms with E-state index in [1.54, 1.807) is 4.68 Å². The summed E-state index contributed by atoms with van der Waals surface area (Å²) in [5, 5.41) is 6.50. The molecule has 0 aliphatic carbocycles. The van der Waals surface area contributed by atoms with Crippen LogP contribution in [0.3, 0.4) is 0 Å². The number of carbonyl (C=O) groups is 1. The van der Waals surface area contributed by atoms with Gasteiger partial charge < -0.3 is 5.32 Å². The summed E-state index contributed by atoms with van der Waals surface area (Å²) in [5.74, 6) is -1.72. The molecule has 20 heavy (non-hydrogen) atoms. The molecule has 1 amide bonds. The second-order valence-electron chi connectivity index (χ2n) is 4.65. The highest BCUT2D eigenvalue weighted by atomic mass is 19.1. The summed E-state index contributed by atoms with van der Waals surface area (Å²) in [7, 11) is 0. The molecule has 1 aromatic heterocycles. The molecule has 1 atom stereocenters. The van der Waals surface area contributed by atoms with Gasteiger partial charge in [0, 0.05) is 12.6 Å². The number of aryl methyl sites for hydroxylation is 1. The minimum absolute atomic E-state index is 0.0342. The molecule has 3 rings (SSSR count). The summed E-state index contributed by atoms with van der Waals surface area (Å²) in [4.78, 5) is 16.3. The Morgan fingerprint density at radius 1 is 1.40 bits per heavy atom. The van der Waals surface area contributed by atoms with Gasteiger partial charge in [0.2, 0.25) is 5.91 Å². The molecule has 7 heteroatoms. The molecule has 0 saturated carbocycles. The summed E-state index contributed by atoms with van der Waals surface area (Å²) in [6, 6.07) is 3.04. The summed E-state index contributed by atoms with van der Waals surface area (Å²) < 4.78 is 28.0. The normalized spacial score (nSPS) is 17.6. The van der Waals surface area contributed by atoms with E-state index in [1.807, 2.05) is 0 Å². The molecular formula is C13H12F2N4O. The van der Waals surface area contributed by atoms with Crippen LogP contribution in [0.15, 0.2) is 24.5 Å². The van der Waals surface area contributed by atoms with Crippen LogP contribution in [0, 0.1) is 11.6 Å². The fourth-order valence-corrected chi connectivity index (χ4v) is 2.35. The standard InChI is InChI=1S/C13H12F2N4O/c14-8-3-4-11(10(15)6-8)18-13(20)9-2-1-5-19-12(9)16-7-17-19/h3-4,6-7,9H,1-2,5H2,(H,18,20). The Bertz CT molecular complexity index is 656. The molecule has 2 aromatic rings. The highest BCUT2D eigenvalue weighted by Crippen LogP contribution is 2.26. The predicted molar refractivity (Wildman–Crippen MR) is 67.0 cm³/mol. The molecule has 1 aliphatic heterocycles. The molecule has 1 N–H and O–H groups in total. The Balaban J connectivity index is 1.81. The Labute approximate surface area is 113 Å². The van der Waals surface area contributed by atoms with Gasteiger partial charge in [-0.1, -0.05) is 0 Å². The molecule has 0 radical (unpaired) electrons. The number of nitrogens with one attached hydrogen (secondary N) is 1. The molecule has 0 fully saturated rings. The quantitative estimate of drug-likeness (QED) is 0.914. The van der Waals surface area contributed by atoms with Gasteiger partial charge in [0.25, 0.3) is 0 Å². The van der Waals surface area contributed by atoms with Crippen molar-refractivity contribution in [2.45, 2.75) is 25.3 Å². The lowest BCUT2D eigenvalue weighted by molar-refractivity contribution is -0.118. The van der Waals surface area contributed by atoms with Crippen molar-refractivity contribution in [2.75, 3.05) is 5.32 Å². The largest absolute Gasteiger partial charge is 0.323 e. The number of carbonyl (C=O) groups excluding carboxylic acids is 1. The number of benzene rings is 1. The van der Waals surface area contributed by atoms with Crippen molar-refractivity contribution in [3.63, 3.8) is 0 Å². The monoisotopic (exact) mass is 278 g/mol. The maximum absolute atomic E-state index is 13.5. The van der Waals surface area contributed by atoms with E-state index in [-0.39, 0.29) is 11.6 Å². The molecule has 1 aromatic carbocycles. The van der Waals surface area contributed by atoms with Gasteiger partial charge in [-0.05, 0) is 25.0 Å². The molecule has 1 aliphatic rings. The fraction of sp³-hybridized carbons (Fsp3) is 0.308. The van der Waals surface area contributed by atoms with Gasteiger partial charge in [0.15, 0.2) is 0 Å². The van der Waals surface area contributed by atoms with E-state index in [0.717, 1.165) is 25.1 Å². The number of halogens is 2. The van der Waals surface area contributed by atoms with E-state index in [2.05, 4.69) is 15.4 Å². The average Bonchev–Trinajstić information content (AvgIpc) is 2.90. The third-order valence-corrected chi connectivity index (χ3v) is 3.33. The van der Waals surface area contributed by atoms with Gasteiger partial charge in [-0.2, -0.15) is 5.10 Å². The van der Waals surface area contributed by atoms with E-state index in [9.17, 15) is 13.6 Å². The topological polar surface area (TPSA) is 59.8 Å². The van der Waals surface area contributed by atoms with Crippen LogP contribution in [0.2, 0.25) is 0 Å². The van der Waals surface area contributed by atoms with Crippen LogP contribution in [0.25, 0.3) is 0 Å². The van der Waals surface area contributed by atoms with Crippen molar-refractivity contribution in [1.29, 1.82) is 0 Å². The van der Waals surface area contributed by atoms with Crippen molar-refractivity contribution in [3.8, 4) is 0 Å². The molecule has 0 bridgehead atoms. The molecule has 0 spiro atoms. The summed E-state index contributed by atoms with van der Waals surface area (Å²) in [6.45, 7) is 0.726. The van der Waals surface area contributed by atoms with Crippen molar-refractivity contribution in [2.24, 2.45) is 0 Å². The second kappa shape index (κ2) is 4.99. The maximum Gasteiger partial charge on any atom is 0.235 e. The molecule has 2 heterocycles. The Hall–Kier alpha value is -2.31. The number of hydrogen-bond donors (Lipinski definition) is 1. The van der Waals surface area contributed by atoms with E-state index >= 15 is 0 Å². The first-order valence-electron chi connectivity index (χ1n) is 6.29. The first-order valence-corrected chi connectivity index (χ1v) is 6.29. The van der Waals surface area contributed by atoms with Crippen LogP contribution in [0.1, 0.15) is 24.6 Å². The van der Waals surface area contributed by atoms with Crippen LogP contribution in [0.5, 0.6) is 0 Å². The number of nitrogens with zero attached hydrogens (tertiary/aromatic N) is 3. The minimum Gasteiger partial charge on any atom is -0.323 e. The van der Waals surface area contributed by atoms with Crippen molar-refractivity contribution in [1.82, 2.24) is 14.8 Å². The van der Waals surface area contributed by atoms with E-state index in [1.165, 1.54) is 12.4 Å². The number of hydrogen-bond acceptors (Lipinski definition) is 3. The van der Waals surface area contributed by atoms with Crippen LogP contribution in [-0.2, 0) is 11.3 Å². The maximum atomic E-state index is 13.5. The first-order chi connectivity index (χ1) is 9.65. The van der Waals surface area contributed by atoms with Gasteiger partial charge >= 0.3 is 0 Å². The summed E-state index contributed by atoms with van der Waals surface area (Å²) in [5.41, 5.74) is -0.0342. The third kappa shape index (κ3) is 2.26. The van der Waals surface area contributed by atoms with Gasteiger partial charge in [-0.25, -0.2) is 18.4 Å². The van der Waals surface area contributed by atoms with Gasteiger partial charge in [0.1, 0.15) is 23.8 Å². The molecule has 5 nitrogen and oxygen atoms in total. The number of fused-ring (bicyclic) bond motifs is 1. The number of amides is 1. The SMILES string of the molecule is O=C(Nc1ccc(F)cc1F)C1CCCn2ncnc21. The fourth-order valence-electron chi connectivity index (χ4n) is 2.35. The lowest BCUT2D eigenvalue weighted by atomic mass is 9.98. The molecule has 0 saturated heterocycles. The number of anilines is 1. The van der Waals surface area contributed by atoms with Crippen LogP contribution < -0.4 is 5.32 Å². The summed E-state index contributed by atoms with van der Waals surface area (Å²) >= 11 is 0. The number of aromatic nitrogens is 3. The Kier molecular flexibility index (Phi) is 3.17. The van der Waals surface area contributed by atoms with Crippen LogP contribution in [0.4, 0.5) is 14.5 Å². The predicted octanol–water partition coefficient (Wildman–Crippen LogP) is 2.07. The molecule has 1 unspecified atom stereocenters. The number of rotatable bonds is 2. The highest BCUT2D eigenvalue weighted by molar-refractivity contribution is 5.95. The Morgan fingerprint density at radius 3 is 3.05 bits per heavy atom. The average molecular weight is 278 g/mol. The summed E-state index contributed by atoms with van der Waals surface area (Å²) in [6.07, 6.45) is 2.84. The van der Waals surface area contributed by atoms with E-state index in [4.69, 9.17) is 0 Å². The van der Waals surface area contributed by atoms with Crippen molar-refractivity contribution in [3.05, 3.63) is 42.0 Å². The lowest BCUT2D eigenvalue weighted by Gasteiger charge is -2.21. The second-order valence-corrected chi connectivity index (χ2v) is 4.65. The zero-order chi connectivity index (χ0) is 14.1. The smallest absolute Gasteiger partial charge is 0.235 e. The van der Waals surface area contributed by atoms with Gasteiger partial charge in [-0.3, -0.25) is 4.79 Å². The van der Waals surface area contributed by atoms with Gasteiger partial charge in [0.05, 0.1) is 11.6 Å². The van der Waals surface area contributed by atoms with Crippen molar-refractivity contribution >= 4 is 11.6 Å². The Morgan fingerprint density at radius 2 is 2.25 bits per heavy atom. The molecule has 104 valence electrons. The highest BCUT2D eigenvalue weighted by Gasteiger charge is 2.29. The van der Waals surface area contributed by atoms with Crippen LogP contribution >= 0.6 is 0 Å².